The van der Waals surface area contributed by atoms with Crippen LogP contribution in [0.15, 0.2) is 65.6 Å². The van der Waals surface area contributed by atoms with Crippen LogP contribution in [0.5, 0.6) is 0 Å². The van der Waals surface area contributed by atoms with Gasteiger partial charge in [-0.25, -0.2) is 4.98 Å². The summed E-state index contributed by atoms with van der Waals surface area (Å²) in [6, 6.07) is 4.52. The van der Waals surface area contributed by atoms with Crippen molar-refractivity contribution in [2.45, 2.75) is 45.2 Å². The average Bonchev–Trinajstić information content (AvgIpc) is 2.91. The Morgan fingerprint density at radius 1 is 1.14 bits per heavy atom. The zero-order valence-corrected chi connectivity index (χ0v) is 21.2. The molecule has 1 amide bonds. The molecule has 3 heterocycles. The van der Waals surface area contributed by atoms with E-state index < -0.39 is 0 Å². The summed E-state index contributed by atoms with van der Waals surface area (Å²) >= 11 is 0. The minimum atomic E-state index is 0.0491. The molecule has 7 nitrogen and oxygen atoms in total. The van der Waals surface area contributed by atoms with E-state index in [1.165, 1.54) is 5.56 Å². The number of morpholine rings is 1. The standard InChI is InChI=1S/C29H38N4O3/c1-21-26(23-6-8-25(34)9-7-23)3-2-4-27(21)29(35)31-24-11-13-32(14-12-24)20-22-5-10-28(30-19-22)33-15-17-36-18-16-33/h2,4-6,8-10,19,23-24,26,34H,3,7,11-18,20H2,1H3,(H,31,35). The lowest BCUT2D eigenvalue weighted by Gasteiger charge is -2.33. The molecule has 7 heteroatoms. The van der Waals surface area contributed by atoms with Crippen molar-refractivity contribution in [1.29, 1.82) is 0 Å². The number of aliphatic hydroxyl groups excluding tert-OH is 1. The first kappa shape index (κ1) is 24.8. The van der Waals surface area contributed by atoms with Gasteiger partial charge in [0, 0.05) is 50.5 Å². The van der Waals surface area contributed by atoms with Gasteiger partial charge in [0.1, 0.15) is 11.6 Å². The van der Waals surface area contributed by atoms with E-state index >= 15 is 0 Å². The number of likely N-dealkylation sites (tertiary alicyclic amines) is 1. The quantitative estimate of drug-likeness (QED) is 0.630. The third-order valence-electron chi connectivity index (χ3n) is 8.00. The second-order valence-corrected chi connectivity index (χ2v) is 10.4. The van der Waals surface area contributed by atoms with Gasteiger partial charge in [0.15, 0.2) is 0 Å². The number of anilines is 1. The second-order valence-electron chi connectivity index (χ2n) is 10.4. The summed E-state index contributed by atoms with van der Waals surface area (Å²) in [6.45, 7) is 8.26. The summed E-state index contributed by atoms with van der Waals surface area (Å²) in [6.07, 6.45) is 15.5. The number of carbonyl (C=O) groups is 1. The number of hydrogen-bond donors (Lipinski definition) is 2. The number of nitrogens with zero attached hydrogens (tertiary/aromatic N) is 3. The van der Waals surface area contributed by atoms with Gasteiger partial charge in [-0.15, -0.1) is 0 Å². The summed E-state index contributed by atoms with van der Waals surface area (Å²) in [7, 11) is 0. The Morgan fingerprint density at radius 2 is 1.94 bits per heavy atom. The van der Waals surface area contributed by atoms with E-state index in [4.69, 9.17) is 4.74 Å². The molecule has 0 radical (unpaired) electrons. The first-order valence-corrected chi connectivity index (χ1v) is 13.3. The molecular formula is C29H38N4O3. The largest absolute Gasteiger partial charge is 0.508 e. The molecular weight excluding hydrogens is 452 g/mol. The number of pyridine rings is 1. The minimum Gasteiger partial charge on any atom is -0.508 e. The van der Waals surface area contributed by atoms with Crippen molar-refractivity contribution in [2.75, 3.05) is 44.3 Å². The Balaban J connectivity index is 1.10. The Hall–Kier alpha value is -2.90. The molecule has 0 aromatic carbocycles. The molecule has 192 valence electrons. The van der Waals surface area contributed by atoms with Crippen LogP contribution >= 0.6 is 0 Å². The van der Waals surface area contributed by atoms with Crippen molar-refractivity contribution in [3.63, 3.8) is 0 Å². The first-order chi connectivity index (χ1) is 17.6. The van der Waals surface area contributed by atoms with Gasteiger partial charge in [0.25, 0.3) is 5.91 Å². The lowest BCUT2D eigenvalue weighted by atomic mass is 9.76. The summed E-state index contributed by atoms with van der Waals surface area (Å²) in [4.78, 5) is 22.6. The van der Waals surface area contributed by atoms with E-state index in [2.05, 4.69) is 51.3 Å². The van der Waals surface area contributed by atoms with Crippen LogP contribution in [-0.4, -0.2) is 66.3 Å². The number of carbonyl (C=O) groups excluding carboxylic acids is 1. The molecule has 1 aromatic rings. The van der Waals surface area contributed by atoms with Gasteiger partial charge in [-0.1, -0.05) is 29.9 Å². The molecule has 2 aliphatic heterocycles. The van der Waals surface area contributed by atoms with Crippen LogP contribution in [0.25, 0.3) is 0 Å². The number of piperidine rings is 1. The molecule has 1 aromatic heterocycles. The minimum absolute atomic E-state index is 0.0491. The highest BCUT2D eigenvalue weighted by Crippen LogP contribution is 2.36. The monoisotopic (exact) mass is 490 g/mol. The van der Waals surface area contributed by atoms with E-state index in [9.17, 15) is 9.90 Å². The fraction of sp³-hybridized carbons (Fsp3) is 0.517. The molecule has 2 N–H and O–H groups in total. The van der Waals surface area contributed by atoms with E-state index in [-0.39, 0.29) is 11.9 Å². The number of aromatic nitrogens is 1. The molecule has 0 saturated carbocycles. The second kappa shape index (κ2) is 11.4. The molecule has 36 heavy (non-hydrogen) atoms. The zero-order chi connectivity index (χ0) is 24.9. The van der Waals surface area contributed by atoms with Gasteiger partial charge < -0.3 is 20.1 Å². The molecule has 2 saturated heterocycles. The van der Waals surface area contributed by atoms with E-state index in [0.717, 1.165) is 88.6 Å². The molecule has 2 unspecified atom stereocenters. The van der Waals surface area contributed by atoms with Crippen LogP contribution < -0.4 is 10.2 Å². The molecule has 2 fully saturated rings. The van der Waals surface area contributed by atoms with Crippen LogP contribution in [0.4, 0.5) is 5.82 Å². The fourth-order valence-corrected chi connectivity index (χ4v) is 5.76. The Bertz CT molecular complexity index is 1040. The number of allylic oxidation sites excluding steroid dienone is 5. The fourth-order valence-electron chi connectivity index (χ4n) is 5.76. The number of ether oxygens (including phenoxy) is 1. The van der Waals surface area contributed by atoms with Gasteiger partial charge in [0.05, 0.1) is 13.2 Å². The Labute approximate surface area is 214 Å². The van der Waals surface area contributed by atoms with Gasteiger partial charge in [-0.3, -0.25) is 9.69 Å². The normalized spacial score (nSPS) is 25.7. The van der Waals surface area contributed by atoms with Crippen LogP contribution in [0, 0.1) is 11.8 Å². The Kier molecular flexibility index (Phi) is 7.87. The molecule has 2 atom stereocenters. The van der Waals surface area contributed by atoms with Gasteiger partial charge in [0.2, 0.25) is 0 Å². The maximum Gasteiger partial charge on any atom is 0.251 e. The highest BCUT2D eigenvalue weighted by molar-refractivity contribution is 5.97. The van der Waals surface area contributed by atoms with Crippen molar-refractivity contribution >= 4 is 11.7 Å². The van der Waals surface area contributed by atoms with Crippen LogP contribution in [0.3, 0.4) is 0 Å². The average molecular weight is 491 g/mol. The third-order valence-corrected chi connectivity index (χ3v) is 8.00. The summed E-state index contributed by atoms with van der Waals surface area (Å²) < 4.78 is 5.43. The van der Waals surface area contributed by atoms with Gasteiger partial charge in [-0.05, 0) is 68.2 Å². The molecule has 2 aliphatic carbocycles. The van der Waals surface area contributed by atoms with Gasteiger partial charge >= 0.3 is 0 Å². The molecule has 4 aliphatic rings. The molecule has 0 spiro atoms. The van der Waals surface area contributed by atoms with Gasteiger partial charge in [-0.2, -0.15) is 0 Å². The van der Waals surface area contributed by atoms with Crippen LogP contribution in [-0.2, 0) is 16.1 Å². The maximum absolute atomic E-state index is 13.2. The summed E-state index contributed by atoms with van der Waals surface area (Å²) in [5.41, 5.74) is 3.20. The first-order valence-electron chi connectivity index (χ1n) is 13.3. The summed E-state index contributed by atoms with van der Waals surface area (Å²) in [5, 5.41) is 13.0. The maximum atomic E-state index is 13.2. The van der Waals surface area contributed by atoms with E-state index in [1.54, 1.807) is 6.08 Å². The number of aliphatic hydroxyl groups is 1. The van der Waals surface area contributed by atoms with Crippen molar-refractivity contribution in [1.82, 2.24) is 15.2 Å². The van der Waals surface area contributed by atoms with E-state index in [0.29, 0.717) is 17.6 Å². The van der Waals surface area contributed by atoms with Crippen molar-refractivity contribution < 1.29 is 14.6 Å². The SMILES string of the molecule is CC1=C(C(=O)NC2CCN(Cc3ccc(N4CCOCC4)nc3)CC2)C=CCC1C1C=CC(O)=CC1. The summed E-state index contributed by atoms with van der Waals surface area (Å²) in [5.74, 6) is 2.05. The van der Waals surface area contributed by atoms with Crippen molar-refractivity contribution in [3.8, 4) is 0 Å². The van der Waals surface area contributed by atoms with Crippen molar-refractivity contribution in [2.24, 2.45) is 11.8 Å². The molecule has 0 bridgehead atoms. The number of nitrogens with one attached hydrogen (secondary N) is 1. The van der Waals surface area contributed by atoms with Crippen LogP contribution in [0.1, 0.15) is 38.2 Å². The predicted octanol–water partition coefficient (Wildman–Crippen LogP) is 3.91. The lowest BCUT2D eigenvalue weighted by Crippen LogP contribution is -2.45. The number of hydrogen-bond acceptors (Lipinski definition) is 6. The highest BCUT2D eigenvalue weighted by Gasteiger charge is 2.28. The van der Waals surface area contributed by atoms with Crippen LogP contribution in [0.2, 0.25) is 0 Å². The number of rotatable bonds is 6. The smallest absolute Gasteiger partial charge is 0.251 e. The molecule has 5 rings (SSSR count). The van der Waals surface area contributed by atoms with E-state index in [1.807, 2.05) is 18.3 Å². The predicted molar refractivity (Wildman–Crippen MR) is 142 cm³/mol. The zero-order valence-electron chi connectivity index (χ0n) is 21.2. The topological polar surface area (TPSA) is 77.9 Å². The highest BCUT2D eigenvalue weighted by atomic mass is 16.5. The Morgan fingerprint density at radius 3 is 2.64 bits per heavy atom. The lowest BCUT2D eigenvalue weighted by molar-refractivity contribution is -0.118. The van der Waals surface area contributed by atoms with Crippen molar-refractivity contribution in [3.05, 3.63) is 71.2 Å². The number of amides is 1. The third kappa shape index (κ3) is 5.90.